The molecular weight excluding hydrogens is 406 g/mol. The van der Waals surface area contributed by atoms with E-state index in [1.807, 2.05) is 35.7 Å². The van der Waals surface area contributed by atoms with Gasteiger partial charge in [0.05, 0.1) is 11.3 Å². The third kappa shape index (κ3) is 3.53. The fourth-order valence-corrected chi connectivity index (χ4v) is 5.04. The summed E-state index contributed by atoms with van der Waals surface area (Å²) in [4.78, 5) is 33.5. The quantitative estimate of drug-likeness (QED) is 0.584. The van der Waals surface area contributed by atoms with Gasteiger partial charge in [0, 0.05) is 36.7 Å². The lowest BCUT2D eigenvalue weighted by molar-refractivity contribution is -0.120. The molecule has 1 aromatic heterocycles. The Bertz CT molecular complexity index is 1150. The highest BCUT2D eigenvalue weighted by atomic mass is 32.1. The van der Waals surface area contributed by atoms with Crippen LogP contribution in [0, 0.1) is 6.92 Å². The molecule has 5 rings (SSSR count). The lowest BCUT2D eigenvalue weighted by Crippen LogP contribution is -2.47. The van der Waals surface area contributed by atoms with Crippen molar-refractivity contribution in [3.8, 4) is 0 Å². The van der Waals surface area contributed by atoms with Gasteiger partial charge in [-0.1, -0.05) is 36.4 Å². The number of rotatable bonds is 4. The number of thiophene rings is 1. The molecule has 0 atom stereocenters. The van der Waals surface area contributed by atoms with E-state index in [0.29, 0.717) is 30.0 Å². The first-order chi connectivity index (χ1) is 15.1. The average Bonchev–Trinajstić information content (AvgIpc) is 3.40. The Morgan fingerprint density at radius 1 is 0.742 bits per heavy atom. The monoisotopic (exact) mass is 429 g/mol. The van der Waals surface area contributed by atoms with Gasteiger partial charge >= 0.3 is 0 Å². The van der Waals surface area contributed by atoms with Crippen LogP contribution in [0.4, 0.5) is 11.4 Å². The van der Waals surface area contributed by atoms with Crippen LogP contribution in [0.25, 0.3) is 5.57 Å². The van der Waals surface area contributed by atoms with Crippen LogP contribution < -0.4 is 9.80 Å². The molecule has 0 bridgehead atoms. The molecule has 3 heterocycles. The number of amides is 2. The van der Waals surface area contributed by atoms with E-state index in [1.165, 1.54) is 27.5 Å². The summed E-state index contributed by atoms with van der Waals surface area (Å²) >= 11 is 1.50. The normalized spacial score (nSPS) is 17.1. The zero-order chi connectivity index (χ0) is 21.4. The summed E-state index contributed by atoms with van der Waals surface area (Å²) < 4.78 is 0. The van der Waals surface area contributed by atoms with E-state index in [0.717, 1.165) is 18.0 Å². The van der Waals surface area contributed by atoms with Gasteiger partial charge in [0.2, 0.25) is 0 Å². The second-order valence-electron chi connectivity index (χ2n) is 7.80. The molecule has 156 valence electrons. The molecule has 2 aliphatic rings. The summed E-state index contributed by atoms with van der Waals surface area (Å²) in [6.45, 7) is 5.09. The number of nitrogens with zero attached hydrogens (tertiary/aromatic N) is 3. The molecule has 0 spiro atoms. The van der Waals surface area contributed by atoms with Gasteiger partial charge in [-0.2, -0.15) is 0 Å². The van der Waals surface area contributed by atoms with Crippen molar-refractivity contribution in [1.82, 2.24) is 4.90 Å². The lowest BCUT2D eigenvalue weighted by atomic mass is 10.1. The van der Waals surface area contributed by atoms with Crippen LogP contribution in [-0.2, 0) is 9.59 Å². The Balaban J connectivity index is 1.46. The zero-order valence-corrected chi connectivity index (χ0v) is 18.1. The van der Waals surface area contributed by atoms with Gasteiger partial charge in [-0.25, -0.2) is 4.90 Å². The van der Waals surface area contributed by atoms with Crippen molar-refractivity contribution < 1.29 is 9.59 Å². The van der Waals surface area contributed by atoms with Gasteiger partial charge in [0.15, 0.2) is 0 Å². The first-order valence-electron chi connectivity index (χ1n) is 10.4. The Morgan fingerprint density at radius 3 is 2.13 bits per heavy atom. The highest BCUT2D eigenvalue weighted by Crippen LogP contribution is 2.37. The van der Waals surface area contributed by atoms with E-state index in [1.54, 1.807) is 12.1 Å². The predicted molar refractivity (Wildman–Crippen MR) is 125 cm³/mol. The molecule has 0 unspecified atom stereocenters. The number of benzene rings is 2. The Morgan fingerprint density at radius 2 is 1.45 bits per heavy atom. The maximum Gasteiger partial charge on any atom is 0.282 e. The fourth-order valence-electron chi connectivity index (χ4n) is 4.28. The fraction of sp³-hybridized carbons (Fsp3) is 0.200. The molecule has 0 saturated carbocycles. The number of hydrogen-bond donors (Lipinski definition) is 0. The summed E-state index contributed by atoms with van der Waals surface area (Å²) in [5.74, 6) is -0.474. The summed E-state index contributed by atoms with van der Waals surface area (Å²) in [7, 11) is 0. The van der Waals surface area contributed by atoms with Crippen LogP contribution in [0.15, 0.2) is 77.8 Å². The largest absolute Gasteiger partial charge is 0.368 e. The van der Waals surface area contributed by atoms with Crippen molar-refractivity contribution in [3.63, 3.8) is 0 Å². The lowest BCUT2D eigenvalue weighted by Gasteiger charge is -2.37. The Labute approximate surface area is 185 Å². The molecule has 2 aliphatic heterocycles. The second kappa shape index (κ2) is 8.04. The van der Waals surface area contributed by atoms with E-state index >= 15 is 0 Å². The molecule has 0 radical (unpaired) electrons. The van der Waals surface area contributed by atoms with Crippen LogP contribution in [0.3, 0.4) is 0 Å². The van der Waals surface area contributed by atoms with Crippen LogP contribution >= 0.6 is 11.3 Å². The first kappa shape index (κ1) is 19.6. The highest BCUT2D eigenvalue weighted by molar-refractivity contribution is 7.11. The van der Waals surface area contributed by atoms with Gasteiger partial charge in [-0.15, -0.1) is 11.3 Å². The minimum Gasteiger partial charge on any atom is -0.368 e. The molecule has 1 fully saturated rings. The van der Waals surface area contributed by atoms with Crippen molar-refractivity contribution in [2.24, 2.45) is 0 Å². The van der Waals surface area contributed by atoms with Crippen molar-refractivity contribution in [2.75, 3.05) is 36.0 Å². The molecule has 1 saturated heterocycles. The van der Waals surface area contributed by atoms with Gasteiger partial charge < -0.3 is 9.80 Å². The maximum atomic E-state index is 13.5. The number of imide groups is 1. The van der Waals surface area contributed by atoms with Gasteiger partial charge in [-0.3, -0.25) is 9.59 Å². The van der Waals surface area contributed by atoms with Crippen molar-refractivity contribution in [3.05, 3.63) is 88.2 Å². The van der Waals surface area contributed by atoms with E-state index in [-0.39, 0.29) is 11.8 Å². The van der Waals surface area contributed by atoms with Crippen LogP contribution in [0.2, 0.25) is 0 Å². The van der Waals surface area contributed by atoms with Gasteiger partial charge in [-0.05, 0) is 48.2 Å². The standard InChI is InChI=1S/C25H23N3O2S/c1-18-7-5-10-20(17-18)26-12-14-27(15-13-26)23-22(21-11-6-16-31-21)24(29)28(25(23)30)19-8-3-2-4-9-19/h2-11,16-17H,12-15H2,1H3. The number of anilines is 2. The molecule has 3 aromatic rings. The minimum absolute atomic E-state index is 0.233. The van der Waals surface area contributed by atoms with Crippen LogP contribution in [-0.4, -0.2) is 42.9 Å². The molecule has 31 heavy (non-hydrogen) atoms. The number of aryl methyl sites for hydroxylation is 1. The summed E-state index contributed by atoms with van der Waals surface area (Å²) in [6.07, 6.45) is 0. The SMILES string of the molecule is Cc1cccc(N2CCN(C3=C(c4cccs4)C(=O)N(c4ccccc4)C3=O)CC2)c1. The topological polar surface area (TPSA) is 43.9 Å². The first-order valence-corrected chi connectivity index (χ1v) is 11.3. The highest BCUT2D eigenvalue weighted by Gasteiger charge is 2.43. The molecule has 2 amide bonds. The van der Waals surface area contributed by atoms with E-state index in [2.05, 4.69) is 41.0 Å². The molecule has 0 aliphatic carbocycles. The van der Waals surface area contributed by atoms with Crippen LogP contribution in [0.1, 0.15) is 10.4 Å². The number of piperazine rings is 1. The molecule has 6 heteroatoms. The smallest absolute Gasteiger partial charge is 0.282 e. The Hall–Kier alpha value is -3.38. The molecule has 2 aromatic carbocycles. The molecular formula is C25H23N3O2S. The number of para-hydroxylation sites is 1. The number of carbonyl (C=O) groups excluding carboxylic acids is 2. The average molecular weight is 430 g/mol. The maximum absolute atomic E-state index is 13.5. The third-order valence-electron chi connectivity index (χ3n) is 5.80. The summed E-state index contributed by atoms with van der Waals surface area (Å²) in [5.41, 5.74) is 4.09. The summed E-state index contributed by atoms with van der Waals surface area (Å²) in [6, 6.07) is 21.5. The van der Waals surface area contributed by atoms with Gasteiger partial charge in [0.1, 0.15) is 5.70 Å². The van der Waals surface area contributed by atoms with Crippen molar-refractivity contribution >= 4 is 40.1 Å². The summed E-state index contributed by atoms with van der Waals surface area (Å²) in [5, 5.41) is 1.94. The number of carbonyl (C=O) groups is 2. The predicted octanol–water partition coefficient (Wildman–Crippen LogP) is 4.16. The Kier molecular flexibility index (Phi) is 5.08. The minimum atomic E-state index is -0.241. The molecule has 5 nitrogen and oxygen atoms in total. The zero-order valence-electron chi connectivity index (χ0n) is 17.3. The van der Waals surface area contributed by atoms with Crippen molar-refractivity contribution in [2.45, 2.75) is 6.92 Å². The number of hydrogen-bond acceptors (Lipinski definition) is 5. The third-order valence-corrected chi connectivity index (χ3v) is 6.69. The van der Waals surface area contributed by atoms with E-state index in [4.69, 9.17) is 0 Å². The van der Waals surface area contributed by atoms with Crippen LogP contribution in [0.5, 0.6) is 0 Å². The van der Waals surface area contributed by atoms with E-state index in [9.17, 15) is 9.59 Å². The van der Waals surface area contributed by atoms with Crippen molar-refractivity contribution in [1.29, 1.82) is 0 Å². The second-order valence-corrected chi connectivity index (χ2v) is 8.74. The van der Waals surface area contributed by atoms with Gasteiger partial charge in [0.25, 0.3) is 11.8 Å². The van der Waals surface area contributed by atoms with E-state index < -0.39 is 0 Å². The molecule has 0 N–H and O–H groups in total.